The normalized spacial score (nSPS) is 9.53. The van der Waals surface area contributed by atoms with Gasteiger partial charge in [0, 0.05) is 10.6 Å². The number of rotatable bonds is 4. The number of carbonyl (C=O) groups excluding carboxylic acids is 2. The SMILES string of the molecule is C=C(NC(=O)c1ccc(Cl)cc1)C(=O)OCC. The van der Waals surface area contributed by atoms with E-state index < -0.39 is 11.9 Å². The zero-order chi connectivity index (χ0) is 12.8. The third-order valence-corrected chi connectivity index (χ3v) is 2.14. The van der Waals surface area contributed by atoms with E-state index in [1.807, 2.05) is 0 Å². The molecule has 1 aromatic carbocycles. The Morgan fingerprint density at radius 2 is 1.94 bits per heavy atom. The van der Waals surface area contributed by atoms with Gasteiger partial charge in [0.1, 0.15) is 5.70 Å². The van der Waals surface area contributed by atoms with Gasteiger partial charge in [0.25, 0.3) is 5.91 Å². The van der Waals surface area contributed by atoms with Crippen LogP contribution in [0.4, 0.5) is 0 Å². The van der Waals surface area contributed by atoms with Crippen LogP contribution in [0.2, 0.25) is 5.02 Å². The van der Waals surface area contributed by atoms with E-state index >= 15 is 0 Å². The number of benzene rings is 1. The van der Waals surface area contributed by atoms with E-state index in [0.717, 1.165) is 0 Å². The summed E-state index contributed by atoms with van der Waals surface area (Å²) in [6.45, 7) is 5.33. The molecule has 0 saturated carbocycles. The third kappa shape index (κ3) is 3.92. The van der Waals surface area contributed by atoms with Gasteiger partial charge in [0.05, 0.1) is 6.61 Å². The largest absolute Gasteiger partial charge is 0.461 e. The van der Waals surface area contributed by atoms with Crippen molar-refractivity contribution >= 4 is 23.5 Å². The molecular formula is C12H12ClNO3. The summed E-state index contributed by atoms with van der Waals surface area (Å²) in [5.41, 5.74) is 0.298. The van der Waals surface area contributed by atoms with Gasteiger partial charge in [-0.3, -0.25) is 4.79 Å². The summed E-state index contributed by atoms with van der Waals surface area (Å²) in [6.07, 6.45) is 0. The van der Waals surface area contributed by atoms with Crippen molar-refractivity contribution < 1.29 is 14.3 Å². The Bertz CT molecular complexity index is 440. The first-order chi connectivity index (χ1) is 8.04. The van der Waals surface area contributed by atoms with E-state index in [4.69, 9.17) is 11.6 Å². The first-order valence-corrected chi connectivity index (χ1v) is 5.35. The maximum Gasteiger partial charge on any atom is 0.354 e. The molecule has 1 rings (SSSR count). The fourth-order valence-corrected chi connectivity index (χ4v) is 1.21. The molecule has 0 saturated heterocycles. The Labute approximate surface area is 104 Å². The average molecular weight is 254 g/mol. The predicted octanol–water partition coefficient (Wildman–Crippen LogP) is 2.15. The second kappa shape index (κ2) is 6.06. The second-order valence-electron chi connectivity index (χ2n) is 3.16. The highest BCUT2D eigenvalue weighted by Crippen LogP contribution is 2.09. The van der Waals surface area contributed by atoms with Crippen LogP contribution in [-0.4, -0.2) is 18.5 Å². The Morgan fingerprint density at radius 3 is 2.47 bits per heavy atom. The molecule has 4 nitrogen and oxygen atoms in total. The highest BCUT2D eigenvalue weighted by atomic mass is 35.5. The molecule has 0 heterocycles. The number of halogens is 1. The summed E-state index contributed by atoms with van der Waals surface area (Å²) in [4.78, 5) is 22.9. The molecule has 0 aliphatic rings. The molecule has 0 fully saturated rings. The lowest BCUT2D eigenvalue weighted by atomic mass is 10.2. The highest BCUT2D eigenvalue weighted by Gasteiger charge is 2.12. The maximum absolute atomic E-state index is 11.7. The van der Waals surface area contributed by atoms with E-state index in [0.29, 0.717) is 10.6 Å². The van der Waals surface area contributed by atoms with Crippen LogP contribution >= 0.6 is 11.6 Å². The van der Waals surface area contributed by atoms with Crippen LogP contribution in [-0.2, 0) is 9.53 Å². The molecule has 0 aliphatic carbocycles. The summed E-state index contributed by atoms with van der Waals surface area (Å²) in [5.74, 6) is -1.07. The first kappa shape index (κ1) is 13.3. The molecule has 0 atom stereocenters. The minimum atomic E-state index is -0.644. The molecule has 1 aromatic rings. The topological polar surface area (TPSA) is 55.4 Å². The summed E-state index contributed by atoms with van der Waals surface area (Å²) in [6, 6.07) is 6.28. The molecule has 0 radical (unpaired) electrons. The van der Waals surface area contributed by atoms with Crippen molar-refractivity contribution in [2.75, 3.05) is 6.61 Å². The Hall–Kier alpha value is -1.81. The van der Waals surface area contributed by atoms with Crippen molar-refractivity contribution in [3.05, 3.63) is 47.1 Å². The molecule has 0 aliphatic heterocycles. The van der Waals surface area contributed by atoms with Gasteiger partial charge in [0.2, 0.25) is 0 Å². The van der Waals surface area contributed by atoms with Crippen LogP contribution in [0.25, 0.3) is 0 Å². The molecular weight excluding hydrogens is 242 g/mol. The minimum Gasteiger partial charge on any atom is -0.461 e. The average Bonchev–Trinajstić information content (AvgIpc) is 2.30. The first-order valence-electron chi connectivity index (χ1n) is 4.97. The number of esters is 1. The van der Waals surface area contributed by atoms with Crippen molar-refractivity contribution in [1.82, 2.24) is 5.32 Å². The maximum atomic E-state index is 11.7. The second-order valence-corrected chi connectivity index (χ2v) is 3.60. The van der Waals surface area contributed by atoms with E-state index in [9.17, 15) is 9.59 Å². The van der Waals surface area contributed by atoms with E-state index in [1.54, 1.807) is 31.2 Å². The van der Waals surface area contributed by atoms with E-state index in [1.165, 1.54) is 0 Å². The number of nitrogens with one attached hydrogen (secondary N) is 1. The summed E-state index contributed by atoms with van der Waals surface area (Å²) >= 11 is 5.69. The van der Waals surface area contributed by atoms with Gasteiger partial charge in [-0.25, -0.2) is 4.79 Å². The number of amides is 1. The van der Waals surface area contributed by atoms with E-state index in [2.05, 4.69) is 16.6 Å². The van der Waals surface area contributed by atoms with Gasteiger partial charge in [-0.05, 0) is 31.2 Å². The number of hydrogen-bond donors (Lipinski definition) is 1. The van der Waals surface area contributed by atoms with Crippen LogP contribution in [0.5, 0.6) is 0 Å². The summed E-state index contributed by atoms with van der Waals surface area (Å²) < 4.78 is 4.69. The number of ether oxygens (including phenoxy) is 1. The molecule has 0 spiro atoms. The zero-order valence-electron chi connectivity index (χ0n) is 9.33. The summed E-state index contributed by atoms with van der Waals surface area (Å²) in [5, 5.41) is 2.88. The molecule has 5 heteroatoms. The van der Waals surface area contributed by atoms with Crippen molar-refractivity contribution in [3.8, 4) is 0 Å². The Balaban J connectivity index is 2.63. The fraction of sp³-hybridized carbons (Fsp3) is 0.167. The monoisotopic (exact) mass is 253 g/mol. The van der Waals surface area contributed by atoms with Gasteiger partial charge in [-0.15, -0.1) is 0 Å². The molecule has 0 bridgehead atoms. The molecule has 1 amide bonds. The predicted molar refractivity (Wildman–Crippen MR) is 64.7 cm³/mol. The van der Waals surface area contributed by atoms with Crippen LogP contribution in [0, 0.1) is 0 Å². The van der Waals surface area contributed by atoms with Gasteiger partial charge in [0.15, 0.2) is 0 Å². The van der Waals surface area contributed by atoms with Crippen molar-refractivity contribution in [3.63, 3.8) is 0 Å². The standard InChI is InChI=1S/C12H12ClNO3/c1-3-17-12(16)8(2)14-11(15)9-4-6-10(13)7-5-9/h4-7H,2-3H2,1H3,(H,14,15). The van der Waals surface area contributed by atoms with Crippen LogP contribution in [0.15, 0.2) is 36.5 Å². The lowest BCUT2D eigenvalue weighted by molar-refractivity contribution is -0.138. The zero-order valence-corrected chi connectivity index (χ0v) is 10.1. The van der Waals surface area contributed by atoms with Crippen LogP contribution in [0.1, 0.15) is 17.3 Å². The molecule has 0 unspecified atom stereocenters. The number of carbonyl (C=O) groups is 2. The van der Waals surface area contributed by atoms with Crippen LogP contribution < -0.4 is 5.32 Å². The molecule has 90 valence electrons. The highest BCUT2D eigenvalue weighted by molar-refractivity contribution is 6.30. The smallest absolute Gasteiger partial charge is 0.354 e. The fourth-order valence-electron chi connectivity index (χ4n) is 1.08. The molecule has 1 N–H and O–H groups in total. The molecule has 0 aromatic heterocycles. The third-order valence-electron chi connectivity index (χ3n) is 1.89. The Kier molecular flexibility index (Phi) is 4.72. The van der Waals surface area contributed by atoms with E-state index in [-0.39, 0.29) is 12.3 Å². The van der Waals surface area contributed by atoms with Crippen molar-refractivity contribution in [2.24, 2.45) is 0 Å². The van der Waals surface area contributed by atoms with Gasteiger partial charge in [-0.1, -0.05) is 18.2 Å². The van der Waals surface area contributed by atoms with Crippen LogP contribution in [0.3, 0.4) is 0 Å². The minimum absolute atomic E-state index is 0.0909. The van der Waals surface area contributed by atoms with Crippen molar-refractivity contribution in [1.29, 1.82) is 0 Å². The summed E-state index contributed by atoms with van der Waals surface area (Å²) in [7, 11) is 0. The van der Waals surface area contributed by atoms with Gasteiger partial charge >= 0.3 is 5.97 Å². The lowest BCUT2D eigenvalue weighted by Crippen LogP contribution is -2.27. The lowest BCUT2D eigenvalue weighted by Gasteiger charge is -2.07. The van der Waals surface area contributed by atoms with Gasteiger partial charge in [-0.2, -0.15) is 0 Å². The Morgan fingerprint density at radius 1 is 1.35 bits per heavy atom. The quantitative estimate of drug-likeness (QED) is 0.661. The van der Waals surface area contributed by atoms with Gasteiger partial charge < -0.3 is 10.1 Å². The van der Waals surface area contributed by atoms with Crippen molar-refractivity contribution in [2.45, 2.75) is 6.92 Å². The number of hydrogen-bond acceptors (Lipinski definition) is 3. The molecule has 17 heavy (non-hydrogen) atoms.